The number of rotatable bonds is 1. The van der Waals surface area contributed by atoms with E-state index in [1.54, 1.807) is 23.4 Å². The van der Waals surface area contributed by atoms with Crippen LogP contribution < -0.4 is 4.90 Å². The number of H-pyrrole nitrogens is 1. The third kappa shape index (κ3) is 1.51. The van der Waals surface area contributed by atoms with Crippen molar-refractivity contribution in [3.63, 3.8) is 0 Å². The first-order valence-electron chi connectivity index (χ1n) is 5.13. The van der Waals surface area contributed by atoms with Gasteiger partial charge in [0.05, 0.1) is 29.7 Å². The van der Waals surface area contributed by atoms with Crippen molar-refractivity contribution in [2.75, 3.05) is 4.90 Å². The number of anilines is 1. The van der Waals surface area contributed by atoms with Gasteiger partial charge in [-0.05, 0) is 18.6 Å². The third-order valence-electron chi connectivity index (χ3n) is 2.82. The highest BCUT2D eigenvalue weighted by atomic mass is 35.5. The fraction of sp³-hybridized carbons (Fsp3) is 0.182. The first-order valence-corrected chi connectivity index (χ1v) is 5.51. The molecule has 0 aliphatic carbocycles. The number of fused-ring (bicyclic) bond motifs is 1. The molecule has 2 aromatic heterocycles. The van der Waals surface area contributed by atoms with Gasteiger partial charge < -0.3 is 0 Å². The maximum absolute atomic E-state index is 12.2. The number of nitrogens with zero attached hydrogens (tertiary/aromatic N) is 3. The van der Waals surface area contributed by atoms with Crippen LogP contribution in [-0.2, 0) is 6.54 Å². The molecule has 0 unspecified atom stereocenters. The van der Waals surface area contributed by atoms with E-state index in [1.807, 2.05) is 6.92 Å². The number of carbonyl (C=O) groups is 1. The number of aryl methyl sites for hydroxylation is 1. The summed E-state index contributed by atoms with van der Waals surface area (Å²) in [4.78, 5) is 18.1. The normalized spacial score (nSPS) is 14.2. The molecule has 1 N–H and O–H groups in total. The van der Waals surface area contributed by atoms with E-state index in [0.717, 1.165) is 16.9 Å². The summed E-state index contributed by atoms with van der Waals surface area (Å²) in [5, 5.41) is 6.95. The molecule has 6 heteroatoms. The Morgan fingerprint density at radius 3 is 3.06 bits per heavy atom. The SMILES string of the molecule is Cc1cc(Cl)nc2c1C(=O)N(c1cn[nH]c1)C2. The molecule has 17 heavy (non-hydrogen) atoms. The Bertz CT molecular complexity index is 594. The Hall–Kier alpha value is -1.88. The van der Waals surface area contributed by atoms with Crippen molar-refractivity contribution in [1.29, 1.82) is 0 Å². The van der Waals surface area contributed by atoms with E-state index >= 15 is 0 Å². The molecule has 0 radical (unpaired) electrons. The summed E-state index contributed by atoms with van der Waals surface area (Å²) < 4.78 is 0. The fourth-order valence-corrected chi connectivity index (χ4v) is 2.32. The van der Waals surface area contributed by atoms with Crippen LogP contribution in [0.15, 0.2) is 18.5 Å². The van der Waals surface area contributed by atoms with Gasteiger partial charge in [-0.25, -0.2) is 4.98 Å². The summed E-state index contributed by atoms with van der Waals surface area (Å²) >= 11 is 5.89. The second-order valence-corrected chi connectivity index (χ2v) is 4.32. The van der Waals surface area contributed by atoms with Gasteiger partial charge in [0.15, 0.2) is 0 Å². The van der Waals surface area contributed by atoms with Crippen molar-refractivity contribution >= 4 is 23.2 Å². The zero-order valence-corrected chi connectivity index (χ0v) is 9.82. The lowest BCUT2D eigenvalue weighted by Gasteiger charge is -2.11. The minimum atomic E-state index is -0.0527. The second kappa shape index (κ2) is 3.56. The van der Waals surface area contributed by atoms with Crippen molar-refractivity contribution < 1.29 is 4.79 Å². The highest BCUT2D eigenvalue weighted by Gasteiger charge is 2.32. The molecule has 1 amide bonds. The molecule has 3 heterocycles. The number of hydrogen-bond donors (Lipinski definition) is 1. The number of aromatic amines is 1. The van der Waals surface area contributed by atoms with E-state index in [9.17, 15) is 4.79 Å². The number of aromatic nitrogens is 3. The van der Waals surface area contributed by atoms with Crippen molar-refractivity contribution in [3.8, 4) is 0 Å². The Labute approximate surface area is 102 Å². The molecular weight excluding hydrogens is 240 g/mol. The summed E-state index contributed by atoms with van der Waals surface area (Å²) in [5.41, 5.74) is 2.97. The van der Waals surface area contributed by atoms with Gasteiger partial charge in [-0.15, -0.1) is 0 Å². The summed E-state index contributed by atoms with van der Waals surface area (Å²) in [6.45, 7) is 2.30. The fourth-order valence-electron chi connectivity index (χ4n) is 2.06. The van der Waals surface area contributed by atoms with Gasteiger partial charge in [0.1, 0.15) is 5.15 Å². The molecule has 3 rings (SSSR count). The van der Waals surface area contributed by atoms with Crippen molar-refractivity contribution in [1.82, 2.24) is 15.2 Å². The molecule has 2 aromatic rings. The van der Waals surface area contributed by atoms with Crippen molar-refractivity contribution in [2.45, 2.75) is 13.5 Å². The number of pyridine rings is 1. The third-order valence-corrected chi connectivity index (χ3v) is 3.02. The number of carbonyl (C=O) groups excluding carboxylic acids is 1. The molecular formula is C11H9ClN4O. The van der Waals surface area contributed by atoms with E-state index in [0.29, 0.717) is 17.3 Å². The summed E-state index contributed by atoms with van der Waals surface area (Å²) in [6, 6.07) is 1.71. The zero-order chi connectivity index (χ0) is 12.0. The Morgan fingerprint density at radius 2 is 2.35 bits per heavy atom. The van der Waals surface area contributed by atoms with E-state index in [-0.39, 0.29) is 5.91 Å². The van der Waals surface area contributed by atoms with Gasteiger partial charge in [-0.1, -0.05) is 11.6 Å². The Balaban J connectivity index is 2.09. The smallest absolute Gasteiger partial charge is 0.260 e. The number of hydrogen-bond acceptors (Lipinski definition) is 3. The average molecular weight is 249 g/mol. The van der Waals surface area contributed by atoms with Crippen LogP contribution in [0.4, 0.5) is 5.69 Å². The largest absolute Gasteiger partial charge is 0.299 e. The van der Waals surface area contributed by atoms with E-state index in [4.69, 9.17) is 11.6 Å². The van der Waals surface area contributed by atoms with Crippen LogP contribution in [0.1, 0.15) is 21.6 Å². The number of nitrogens with one attached hydrogen (secondary N) is 1. The van der Waals surface area contributed by atoms with E-state index in [2.05, 4.69) is 15.2 Å². The van der Waals surface area contributed by atoms with Gasteiger partial charge in [-0.3, -0.25) is 14.8 Å². The van der Waals surface area contributed by atoms with Crippen molar-refractivity contribution in [2.24, 2.45) is 0 Å². The Kier molecular flexibility index (Phi) is 2.16. The maximum atomic E-state index is 12.2. The van der Waals surface area contributed by atoms with Gasteiger partial charge in [-0.2, -0.15) is 5.10 Å². The predicted molar refractivity (Wildman–Crippen MR) is 63.1 cm³/mol. The molecule has 0 spiro atoms. The van der Waals surface area contributed by atoms with Crippen LogP contribution in [0, 0.1) is 6.92 Å². The predicted octanol–water partition coefficient (Wildman–Crippen LogP) is 1.93. The lowest BCUT2D eigenvalue weighted by Crippen LogP contribution is -2.22. The van der Waals surface area contributed by atoms with Crippen LogP contribution in [0.5, 0.6) is 0 Å². The lowest BCUT2D eigenvalue weighted by molar-refractivity contribution is 0.0996. The van der Waals surface area contributed by atoms with Crippen LogP contribution in [-0.4, -0.2) is 21.1 Å². The highest BCUT2D eigenvalue weighted by molar-refractivity contribution is 6.29. The molecule has 1 aliphatic rings. The molecule has 86 valence electrons. The Morgan fingerprint density at radius 1 is 1.53 bits per heavy atom. The van der Waals surface area contributed by atoms with Crippen molar-refractivity contribution in [3.05, 3.63) is 40.4 Å². The second-order valence-electron chi connectivity index (χ2n) is 3.93. The summed E-state index contributed by atoms with van der Waals surface area (Å²) in [5.74, 6) is -0.0527. The maximum Gasteiger partial charge on any atom is 0.260 e. The molecule has 0 atom stereocenters. The van der Waals surface area contributed by atoms with Crippen LogP contribution >= 0.6 is 11.6 Å². The first-order chi connectivity index (χ1) is 8.16. The van der Waals surface area contributed by atoms with Crippen LogP contribution in [0.2, 0.25) is 5.15 Å². The van der Waals surface area contributed by atoms with E-state index in [1.165, 1.54) is 0 Å². The van der Waals surface area contributed by atoms with Crippen LogP contribution in [0.3, 0.4) is 0 Å². The number of amides is 1. The monoisotopic (exact) mass is 248 g/mol. The minimum Gasteiger partial charge on any atom is -0.299 e. The first kappa shape index (κ1) is 10.3. The van der Waals surface area contributed by atoms with Gasteiger partial charge in [0, 0.05) is 6.20 Å². The van der Waals surface area contributed by atoms with E-state index < -0.39 is 0 Å². The molecule has 1 aliphatic heterocycles. The molecule has 5 nitrogen and oxygen atoms in total. The molecule has 0 saturated carbocycles. The van der Waals surface area contributed by atoms with Gasteiger partial charge in [0.25, 0.3) is 5.91 Å². The highest BCUT2D eigenvalue weighted by Crippen LogP contribution is 2.29. The van der Waals surface area contributed by atoms with Gasteiger partial charge >= 0.3 is 0 Å². The van der Waals surface area contributed by atoms with Gasteiger partial charge in [0.2, 0.25) is 0 Å². The molecule has 0 bridgehead atoms. The minimum absolute atomic E-state index is 0.0527. The lowest BCUT2D eigenvalue weighted by atomic mass is 10.1. The molecule has 0 fully saturated rings. The quantitative estimate of drug-likeness (QED) is 0.785. The summed E-state index contributed by atoms with van der Waals surface area (Å²) in [6.07, 6.45) is 3.29. The molecule has 0 aromatic carbocycles. The zero-order valence-electron chi connectivity index (χ0n) is 9.07. The molecule has 0 saturated heterocycles. The summed E-state index contributed by atoms with van der Waals surface area (Å²) in [7, 11) is 0. The van der Waals surface area contributed by atoms with Crippen LogP contribution in [0.25, 0.3) is 0 Å². The topological polar surface area (TPSA) is 61.9 Å². The average Bonchev–Trinajstić information content (AvgIpc) is 2.85. The standard InChI is InChI=1S/C11H9ClN4O/c1-6-2-9(12)15-8-5-16(11(17)10(6)8)7-3-13-14-4-7/h2-4H,5H2,1H3,(H,13,14). The number of halogens is 1.